The van der Waals surface area contributed by atoms with Gasteiger partial charge in [0.2, 0.25) is 0 Å². The van der Waals surface area contributed by atoms with Gasteiger partial charge < -0.3 is 9.80 Å². The average Bonchev–Trinajstić information content (AvgIpc) is 3.31. The van der Waals surface area contributed by atoms with Crippen molar-refractivity contribution < 1.29 is 26.3 Å². The number of nitrogens with zero attached hydrogens (tertiary/aromatic N) is 2. The van der Waals surface area contributed by atoms with Crippen molar-refractivity contribution in [3.63, 3.8) is 0 Å². The van der Waals surface area contributed by atoms with E-state index in [1.807, 2.05) is 72.8 Å². The molecule has 10 heteroatoms. The maximum atomic E-state index is 16.9. The SMILES string of the molecule is C[Si](C)(C)c1ccc(N(c2cc(F)c(-c3ccc(F)cc3)cc2F)c2ccc3ccc4c(N(c5ccc([Si](C)(C)C)cc5)c5cc(F)c(-c6ccc(F)cc6)cc5F)ccc5ccc2c3c54)cc1. The molecule has 0 aliphatic heterocycles. The zero-order valence-corrected chi connectivity index (χ0v) is 40.3. The monoisotopic (exact) mass is 940 g/mol. The van der Waals surface area contributed by atoms with Gasteiger partial charge in [-0.15, -0.1) is 0 Å². The van der Waals surface area contributed by atoms with Gasteiger partial charge in [-0.1, -0.05) is 135 Å². The van der Waals surface area contributed by atoms with Crippen molar-refractivity contribution in [2.75, 3.05) is 9.80 Å². The Kier molecular flexibility index (Phi) is 11.1. The van der Waals surface area contributed by atoms with Crippen molar-refractivity contribution in [3.05, 3.63) is 205 Å². The third kappa shape index (κ3) is 8.01. The first kappa shape index (κ1) is 44.7. The first-order valence-electron chi connectivity index (χ1n) is 22.5. The maximum absolute atomic E-state index is 16.9. The molecule has 10 rings (SSSR count). The lowest BCUT2D eigenvalue weighted by Gasteiger charge is -2.30. The van der Waals surface area contributed by atoms with Crippen molar-refractivity contribution in [2.24, 2.45) is 0 Å². The summed E-state index contributed by atoms with van der Waals surface area (Å²) in [7, 11) is -3.49. The van der Waals surface area contributed by atoms with Crippen molar-refractivity contribution in [1.82, 2.24) is 0 Å². The predicted molar refractivity (Wildman–Crippen MR) is 276 cm³/mol. The van der Waals surface area contributed by atoms with Crippen LogP contribution < -0.4 is 20.2 Å². The Balaban J connectivity index is 1.20. The van der Waals surface area contributed by atoms with E-state index in [0.29, 0.717) is 33.9 Å². The summed E-state index contributed by atoms with van der Waals surface area (Å²) in [5.74, 6) is -3.67. The zero-order valence-electron chi connectivity index (χ0n) is 38.3. The molecule has 338 valence electrons. The van der Waals surface area contributed by atoms with Crippen LogP contribution in [0.15, 0.2) is 170 Å². The minimum atomic E-state index is -1.75. The molecule has 0 spiro atoms. The van der Waals surface area contributed by atoms with Gasteiger partial charge >= 0.3 is 0 Å². The summed E-state index contributed by atoms with van der Waals surface area (Å²) in [5, 5.41) is 7.37. The fourth-order valence-corrected chi connectivity index (χ4v) is 11.6. The van der Waals surface area contributed by atoms with E-state index in [0.717, 1.165) is 44.5 Å². The minimum absolute atomic E-state index is 0.00397. The highest BCUT2D eigenvalue weighted by molar-refractivity contribution is 6.89. The molecule has 0 amide bonds. The number of halogens is 6. The van der Waals surface area contributed by atoms with Crippen LogP contribution in [0, 0.1) is 34.9 Å². The first-order valence-corrected chi connectivity index (χ1v) is 29.5. The summed E-state index contributed by atoms with van der Waals surface area (Å²) in [4.78, 5) is 3.47. The minimum Gasteiger partial charge on any atom is -0.307 e. The molecule has 0 bridgehead atoms. The second-order valence-corrected chi connectivity index (χ2v) is 29.6. The van der Waals surface area contributed by atoms with E-state index in [2.05, 4.69) is 63.5 Å². The molecule has 0 unspecified atom stereocenters. The zero-order chi connectivity index (χ0) is 47.8. The van der Waals surface area contributed by atoms with E-state index in [1.54, 1.807) is 9.80 Å². The molecule has 10 aromatic carbocycles. The quantitative estimate of drug-likeness (QED) is 0.0766. The van der Waals surface area contributed by atoms with Crippen molar-refractivity contribution in [1.29, 1.82) is 0 Å². The van der Waals surface area contributed by atoms with Gasteiger partial charge in [0.05, 0.1) is 38.9 Å². The van der Waals surface area contributed by atoms with Crippen LogP contribution in [0.4, 0.5) is 60.5 Å². The molecule has 0 atom stereocenters. The van der Waals surface area contributed by atoms with Crippen LogP contribution in [-0.4, -0.2) is 16.1 Å². The average molecular weight is 941 g/mol. The summed E-state index contributed by atoms with van der Waals surface area (Å²) < 4.78 is 94.3. The van der Waals surface area contributed by atoms with Crippen molar-refractivity contribution in [3.8, 4) is 22.3 Å². The fraction of sp³-hybridized carbons (Fsp3) is 0.103. The van der Waals surface area contributed by atoms with Gasteiger partial charge in [0.15, 0.2) is 0 Å². The highest BCUT2D eigenvalue weighted by Gasteiger charge is 2.27. The van der Waals surface area contributed by atoms with Crippen LogP contribution in [0.1, 0.15) is 0 Å². The van der Waals surface area contributed by atoms with Crippen LogP contribution >= 0.6 is 0 Å². The first-order chi connectivity index (χ1) is 32.4. The Labute approximate surface area is 393 Å². The smallest absolute Gasteiger partial charge is 0.148 e. The second kappa shape index (κ2) is 16.9. The summed E-state index contributed by atoms with van der Waals surface area (Å²) in [6.07, 6.45) is 0. The lowest BCUT2D eigenvalue weighted by atomic mass is 9.91. The number of anilines is 6. The molecule has 0 saturated carbocycles. The molecule has 0 aliphatic carbocycles. The Bertz CT molecular complexity index is 3290. The Hall–Kier alpha value is -7.15. The molecule has 0 N–H and O–H groups in total. The van der Waals surface area contributed by atoms with Crippen molar-refractivity contribution in [2.45, 2.75) is 39.3 Å². The normalized spacial score (nSPS) is 12.1. The maximum Gasteiger partial charge on any atom is 0.148 e. The molecule has 10 aromatic rings. The summed E-state index contributed by atoms with van der Waals surface area (Å²) in [6, 6.07) is 46.9. The molecule has 0 saturated heterocycles. The Morgan fingerprint density at radius 2 is 0.662 bits per heavy atom. The van der Waals surface area contributed by atoms with Crippen LogP contribution in [0.2, 0.25) is 39.3 Å². The molecule has 2 nitrogen and oxygen atoms in total. The van der Waals surface area contributed by atoms with E-state index in [-0.39, 0.29) is 22.5 Å². The van der Waals surface area contributed by atoms with Gasteiger partial charge in [-0.3, -0.25) is 0 Å². The number of hydrogen-bond donors (Lipinski definition) is 0. The molecular formula is C58H46F6N2Si2. The predicted octanol–water partition coefficient (Wildman–Crippen LogP) is 16.8. The highest BCUT2D eigenvalue weighted by atomic mass is 28.3. The molecular weight excluding hydrogens is 895 g/mol. The molecule has 0 aliphatic rings. The fourth-order valence-electron chi connectivity index (χ4n) is 9.31. The van der Waals surface area contributed by atoms with Crippen LogP contribution in [0.3, 0.4) is 0 Å². The van der Waals surface area contributed by atoms with E-state index in [1.165, 1.54) is 71.0 Å². The van der Waals surface area contributed by atoms with Crippen LogP contribution in [-0.2, 0) is 0 Å². The van der Waals surface area contributed by atoms with Gasteiger partial charge in [0.1, 0.15) is 34.9 Å². The Morgan fingerprint density at radius 1 is 0.324 bits per heavy atom. The molecule has 0 radical (unpaired) electrons. The van der Waals surface area contributed by atoms with Crippen LogP contribution in [0.5, 0.6) is 0 Å². The van der Waals surface area contributed by atoms with E-state index in [4.69, 9.17) is 0 Å². The standard InChI is InChI=1S/C58H46F6N2Si2/c1-67(2,3)43-23-19-41(20-24-43)65(55-33-49(61)47(31-51(55)63)35-7-15-39(59)16-8-35)53-29-13-37-12-28-46-54(30-14-38-11-27-45(53)57(37)58(38)46)66(42-21-25-44(26-22-42)68(4,5)6)56-34-50(62)48(32-52(56)64)36-9-17-40(60)18-10-36/h7-34H,1-6H3. The third-order valence-corrected chi connectivity index (χ3v) is 17.1. The topological polar surface area (TPSA) is 6.48 Å². The van der Waals surface area contributed by atoms with Gasteiger partial charge in [-0.2, -0.15) is 0 Å². The summed E-state index contributed by atoms with van der Waals surface area (Å²) >= 11 is 0. The van der Waals surface area contributed by atoms with Gasteiger partial charge in [0.25, 0.3) is 0 Å². The number of benzene rings is 10. The van der Waals surface area contributed by atoms with E-state index >= 15 is 17.6 Å². The number of hydrogen-bond acceptors (Lipinski definition) is 2. The second-order valence-electron chi connectivity index (χ2n) is 19.4. The van der Waals surface area contributed by atoms with Crippen LogP contribution in [0.25, 0.3) is 54.6 Å². The molecule has 68 heavy (non-hydrogen) atoms. The number of rotatable bonds is 10. The lowest BCUT2D eigenvalue weighted by Crippen LogP contribution is -2.37. The van der Waals surface area contributed by atoms with Gasteiger partial charge in [-0.25, -0.2) is 26.3 Å². The van der Waals surface area contributed by atoms with Gasteiger partial charge in [0, 0.05) is 45.4 Å². The molecule has 0 aromatic heterocycles. The molecule has 0 heterocycles. The largest absolute Gasteiger partial charge is 0.307 e. The Morgan fingerprint density at radius 3 is 1.00 bits per heavy atom. The summed E-state index contributed by atoms with van der Waals surface area (Å²) in [6.45, 7) is 13.5. The summed E-state index contributed by atoms with van der Waals surface area (Å²) in [5.41, 5.74) is 3.07. The highest BCUT2D eigenvalue weighted by Crippen LogP contribution is 2.49. The van der Waals surface area contributed by atoms with E-state index in [9.17, 15) is 8.78 Å². The molecule has 0 fully saturated rings. The van der Waals surface area contributed by atoms with Crippen molar-refractivity contribution >= 4 is 93.0 Å². The lowest BCUT2D eigenvalue weighted by molar-refractivity contribution is 0.604. The van der Waals surface area contributed by atoms with Gasteiger partial charge in [-0.05, 0) is 105 Å². The third-order valence-electron chi connectivity index (χ3n) is 12.9. The van der Waals surface area contributed by atoms with E-state index < -0.39 is 51.1 Å².